The van der Waals surface area contributed by atoms with Gasteiger partial charge in [0, 0.05) is 24.2 Å². The molecule has 1 fully saturated rings. The monoisotopic (exact) mass is 418 g/mol. The van der Waals surface area contributed by atoms with Crippen molar-refractivity contribution in [1.82, 2.24) is 20.1 Å². The van der Waals surface area contributed by atoms with Crippen LogP contribution in [0.2, 0.25) is 0 Å². The summed E-state index contributed by atoms with van der Waals surface area (Å²) in [5.74, 6) is 0.456. The molecule has 2 aromatic carbocycles. The van der Waals surface area contributed by atoms with Crippen molar-refractivity contribution < 1.29 is 4.79 Å². The Morgan fingerprint density at radius 1 is 0.900 bits per heavy atom. The Morgan fingerprint density at radius 3 is 2.13 bits per heavy atom. The third-order valence-corrected chi connectivity index (χ3v) is 6.42. The van der Waals surface area contributed by atoms with Crippen LogP contribution in [-0.2, 0) is 4.79 Å². The van der Waals surface area contributed by atoms with Crippen molar-refractivity contribution in [3.63, 3.8) is 0 Å². The summed E-state index contributed by atoms with van der Waals surface area (Å²) < 4.78 is 0. The fourth-order valence-corrected chi connectivity index (χ4v) is 4.57. The molecule has 1 heterocycles. The zero-order chi connectivity index (χ0) is 20.8. The highest BCUT2D eigenvalue weighted by molar-refractivity contribution is 7.99. The van der Waals surface area contributed by atoms with Gasteiger partial charge in [-0.15, -0.1) is 10.2 Å². The first-order valence-corrected chi connectivity index (χ1v) is 11.4. The van der Waals surface area contributed by atoms with E-state index in [2.05, 4.69) is 10.2 Å². The van der Waals surface area contributed by atoms with E-state index in [1.165, 1.54) is 31.0 Å². The third kappa shape index (κ3) is 4.87. The second-order valence-electron chi connectivity index (χ2n) is 7.61. The number of amides is 1. The van der Waals surface area contributed by atoms with Gasteiger partial charge in [-0.05, 0) is 12.8 Å². The normalized spacial score (nSPS) is 14.4. The van der Waals surface area contributed by atoms with E-state index in [0.29, 0.717) is 17.0 Å². The number of aromatic nitrogens is 3. The Labute approximate surface area is 181 Å². The number of thioether (sulfide) groups is 1. The fraction of sp³-hybridized carbons (Fsp3) is 0.333. The van der Waals surface area contributed by atoms with E-state index in [1.807, 2.05) is 72.6 Å². The van der Waals surface area contributed by atoms with E-state index in [4.69, 9.17) is 4.98 Å². The fourth-order valence-electron chi connectivity index (χ4n) is 3.86. The summed E-state index contributed by atoms with van der Waals surface area (Å²) in [7, 11) is 1.92. The molecule has 1 saturated carbocycles. The lowest BCUT2D eigenvalue weighted by atomic mass is 9.94. The van der Waals surface area contributed by atoms with Crippen LogP contribution in [0.15, 0.2) is 65.8 Å². The molecule has 154 valence electrons. The van der Waals surface area contributed by atoms with Crippen molar-refractivity contribution in [2.24, 2.45) is 0 Å². The van der Waals surface area contributed by atoms with Crippen LogP contribution in [0.1, 0.15) is 32.1 Å². The van der Waals surface area contributed by atoms with Crippen LogP contribution in [0, 0.1) is 0 Å². The van der Waals surface area contributed by atoms with Crippen LogP contribution in [0.5, 0.6) is 0 Å². The van der Waals surface area contributed by atoms with Crippen LogP contribution in [0.25, 0.3) is 22.5 Å². The van der Waals surface area contributed by atoms with E-state index >= 15 is 0 Å². The average Bonchev–Trinajstić information content (AvgIpc) is 2.83. The molecule has 3 aromatic rings. The van der Waals surface area contributed by atoms with Gasteiger partial charge in [0.15, 0.2) is 0 Å². The van der Waals surface area contributed by atoms with Crippen LogP contribution in [0.4, 0.5) is 0 Å². The van der Waals surface area contributed by atoms with Crippen LogP contribution < -0.4 is 0 Å². The number of carbonyl (C=O) groups excluding carboxylic acids is 1. The van der Waals surface area contributed by atoms with E-state index in [-0.39, 0.29) is 5.91 Å². The topological polar surface area (TPSA) is 59.0 Å². The van der Waals surface area contributed by atoms with Crippen molar-refractivity contribution >= 4 is 17.7 Å². The van der Waals surface area contributed by atoms with Gasteiger partial charge in [-0.25, -0.2) is 4.98 Å². The van der Waals surface area contributed by atoms with Gasteiger partial charge in [-0.1, -0.05) is 91.7 Å². The Bertz CT molecular complexity index is 975. The van der Waals surface area contributed by atoms with E-state index in [9.17, 15) is 4.79 Å². The molecule has 1 aliphatic carbocycles. The van der Waals surface area contributed by atoms with Crippen molar-refractivity contribution in [1.29, 1.82) is 0 Å². The molecular formula is C24H26N4OS. The first-order valence-electron chi connectivity index (χ1n) is 10.5. The van der Waals surface area contributed by atoms with E-state index < -0.39 is 0 Å². The first-order chi connectivity index (χ1) is 14.7. The molecule has 0 atom stereocenters. The average molecular weight is 419 g/mol. The summed E-state index contributed by atoms with van der Waals surface area (Å²) in [6.45, 7) is 0. The molecule has 6 heteroatoms. The van der Waals surface area contributed by atoms with Crippen LogP contribution in [0.3, 0.4) is 0 Å². The summed E-state index contributed by atoms with van der Waals surface area (Å²) in [6.07, 6.45) is 5.92. The third-order valence-electron chi connectivity index (χ3n) is 5.60. The standard InChI is InChI=1S/C24H26N4OS/c1-28(20-15-9-4-10-16-20)21(29)17-30-24-25-22(18-11-5-2-6-12-18)23(26-27-24)19-13-7-3-8-14-19/h2-3,5-8,11-14,20H,4,9-10,15-17H2,1H3. The molecule has 1 aliphatic rings. The van der Waals surface area contributed by atoms with Crippen molar-refractivity contribution in [3.8, 4) is 22.5 Å². The molecule has 0 saturated heterocycles. The maximum Gasteiger partial charge on any atom is 0.233 e. The van der Waals surface area contributed by atoms with Gasteiger partial charge in [0.05, 0.1) is 5.75 Å². The van der Waals surface area contributed by atoms with E-state index in [1.54, 1.807) is 0 Å². The number of hydrogen-bond acceptors (Lipinski definition) is 5. The Balaban J connectivity index is 1.54. The number of carbonyl (C=O) groups is 1. The number of benzene rings is 2. The molecule has 5 nitrogen and oxygen atoms in total. The van der Waals surface area contributed by atoms with Gasteiger partial charge >= 0.3 is 0 Å². The van der Waals surface area contributed by atoms with Crippen LogP contribution in [-0.4, -0.2) is 44.8 Å². The number of hydrogen-bond donors (Lipinski definition) is 0. The maximum atomic E-state index is 12.7. The summed E-state index contributed by atoms with van der Waals surface area (Å²) >= 11 is 1.36. The zero-order valence-electron chi connectivity index (χ0n) is 17.2. The molecular weight excluding hydrogens is 392 g/mol. The minimum Gasteiger partial charge on any atom is -0.342 e. The molecule has 0 spiro atoms. The Morgan fingerprint density at radius 2 is 1.50 bits per heavy atom. The molecule has 0 unspecified atom stereocenters. The second-order valence-corrected chi connectivity index (χ2v) is 8.55. The van der Waals surface area contributed by atoms with E-state index in [0.717, 1.165) is 35.4 Å². The molecule has 30 heavy (non-hydrogen) atoms. The molecule has 1 aromatic heterocycles. The number of rotatable bonds is 6. The van der Waals surface area contributed by atoms with Gasteiger partial charge in [-0.2, -0.15) is 0 Å². The zero-order valence-corrected chi connectivity index (χ0v) is 18.0. The van der Waals surface area contributed by atoms with Crippen molar-refractivity contribution in [3.05, 3.63) is 60.7 Å². The highest BCUT2D eigenvalue weighted by Crippen LogP contribution is 2.30. The van der Waals surface area contributed by atoms with Gasteiger partial charge < -0.3 is 4.90 Å². The summed E-state index contributed by atoms with van der Waals surface area (Å²) in [5, 5.41) is 9.32. The lowest BCUT2D eigenvalue weighted by Gasteiger charge is -2.31. The van der Waals surface area contributed by atoms with Crippen molar-refractivity contribution in [2.45, 2.75) is 43.3 Å². The minimum absolute atomic E-state index is 0.129. The predicted octanol–water partition coefficient (Wildman–Crippen LogP) is 5.09. The SMILES string of the molecule is CN(C(=O)CSc1nnc(-c2ccccc2)c(-c2ccccc2)n1)C1CCCCC1. The summed E-state index contributed by atoms with van der Waals surface area (Å²) in [4.78, 5) is 19.4. The van der Waals surface area contributed by atoms with Gasteiger partial charge in [0.1, 0.15) is 11.4 Å². The predicted molar refractivity (Wildman–Crippen MR) is 121 cm³/mol. The van der Waals surface area contributed by atoms with Gasteiger partial charge in [-0.3, -0.25) is 4.79 Å². The van der Waals surface area contributed by atoms with Crippen LogP contribution >= 0.6 is 11.8 Å². The lowest BCUT2D eigenvalue weighted by molar-refractivity contribution is -0.129. The van der Waals surface area contributed by atoms with Crippen molar-refractivity contribution in [2.75, 3.05) is 12.8 Å². The molecule has 4 rings (SSSR count). The summed E-state index contributed by atoms with van der Waals surface area (Å²) in [5.41, 5.74) is 3.49. The highest BCUT2D eigenvalue weighted by Gasteiger charge is 2.22. The van der Waals surface area contributed by atoms with Gasteiger partial charge in [0.2, 0.25) is 11.1 Å². The largest absolute Gasteiger partial charge is 0.342 e. The summed E-state index contributed by atoms with van der Waals surface area (Å²) in [6, 6.07) is 20.3. The Hall–Kier alpha value is -2.73. The number of nitrogens with zero attached hydrogens (tertiary/aromatic N) is 4. The minimum atomic E-state index is 0.129. The molecule has 0 bridgehead atoms. The highest BCUT2D eigenvalue weighted by atomic mass is 32.2. The lowest BCUT2D eigenvalue weighted by Crippen LogP contribution is -2.39. The maximum absolute atomic E-state index is 12.7. The molecule has 1 amide bonds. The first kappa shape index (κ1) is 20.5. The smallest absolute Gasteiger partial charge is 0.233 e. The molecule has 0 radical (unpaired) electrons. The second kappa shape index (κ2) is 9.85. The molecule has 0 N–H and O–H groups in total. The molecule has 0 aliphatic heterocycles. The van der Waals surface area contributed by atoms with Gasteiger partial charge in [0.25, 0.3) is 0 Å². The quantitative estimate of drug-likeness (QED) is 0.522. The Kier molecular flexibility index (Phi) is 6.74.